The van der Waals surface area contributed by atoms with Crippen LogP contribution in [0.5, 0.6) is 0 Å². The molecule has 0 radical (unpaired) electrons. The van der Waals surface area contributed by atoms with Gasteiger partial charge in [-0.05, 0) is 30.5 Å². The number of benzene rings is 1. The van der Waals surface area contributed by atoms with Gasteiger partial charge in [0.1, 0.15) is 16.1 Å². The Kier molecular flexibility index (Phi) is 5.43. The van der Waals surface area contributed by atoms with Crippen LogP contribution in [0.4, 0.5) is 0 Å². The lowest BCUT2D eigenvalue weighted by Gasteiger charge is -2.34. The van der Waals surface area contributed by atoms with Crippen molar-refractivity contribution in [1.29, 1.82) is 0 Å². The molecule has 2 aliphatic heterocycles. The maximum Gasteiger partial charge on any atom is 0.263 e. The second-order valence-electron chi connectivity index (χ2n) is 6.92. The van der Waals surface area contributed by atoms with Crippen molar-refractivity contribution < 1.29 is 21.6 Å². The fourth-order valence-electron chi connectivity index (χ4n) is 3.43. The Morgan fingerprint density at radius 3 is 2.50 bits per heavy atom. The Labute approximate surface area is 179 Å². The van der Waals surface area contributed by atoms with Gasteiger partial charge in [-0.3, -0.25) is 14.5 Å². The van der Waals surface area contributed by atoms with Gasteiger partial charge in [0.05, 0.1) is 4.90 Å². The summed E-state index contributed by atoms with van der Waals surface area (Å²) < 4.78 is 53.7. The SMILES string of the molecule is C[C@@H](N=C1NS(=O)(=O)c2ccccc21)C(=O)N1CCN(S(=O)(=O)c2cccs2)CC1. The first-order valence-corrected chi connectivity index (χ1v) is 13.0. The van der Waals surface area contributed by atoms with E-state index in [1.165, 1.54) is 10.4 Å². The molecule has 0 saturated carbocycles. The molecule has 1 aromatic heterocycles. The van der Waals surface area contributed by atoms with Gasteiger partial charge in [-0.25, -0.2) is 16.8 Å². The average molecular weight is 469 g/mol. The number of rotatable bonds is 4. The van der Waals surface area contributed by atoms with E-state index in [2.05, 4.69) is 9.71 Å². The summed E-state index contributed by atoms with van der Waals surface area (Å²) in [6.07, 6.45) is 0. The van der Waals surface area contributed by atoms with Crippen LogP contribution < -0.4 is 4.72 Å². The number of amidine groups is 1. The highest BCUT2D eigenvalue weighted by Gasteiger charge is 2.34. The van der Waals surface area contributed by atoms with Crippen molar-refractivity contribution >= 4 is 43.1 Å². The van der Waals surface area contributed by atoms with E-state index in [0.717, 1.165) is 11.3 Å². The molecule has 4 rings (SSSR count). The van der Waals surface area contributed by atoms with E-state index in [4.69, 9.17) is 0 Å². The molecule has 0 unspecified atom stereocenters. The maximum absolute atomic E-state index is 12.8. The van der Waals surface area contributed by atoms with Gasteiger partial charge in [0.25, 0.3) is 20.0 Å². The van der Waals surface area contributed by atoms with Crippen LogP contribution in [0.25, 0.3) is 0 Å². The molecule has 3 heterocycles. The first-order chi connectivity index (χ1) is 14.2. The van der Waals surface area contributed by atoms with Gasteiger partial charge in [0.2, 0.25) is 5.91 Å². The molecule has 0 bridgehead atoms. The van der Waals surface area contributed by atoms with E-state index < -0.39 is 26.1 Å². The van der Waals surface area contributed by atoms with Crippen molar-refractivity contribution in [3.05, 3.63) is 47.3 Å². The van der Waals surface area contributed by atoms with E-state index >= 15 is 0 Å². The molecular formula is C18H20N4O5S3. The number of fused-ring (bicyclic) bond motifs is 1. The highest BCUT2D eigenvalue weighted by atomic mass is 32.2. The standard InChI is InChI=1S/C18H20N4O5S3/c1-13(19-17-14-5-2-3-6-15(14)29(24,25)20-17)18(23)21-8-10-22(11-9-21)30(26,27)16-7-4-12-28-16/h2-7,12-13H,8-11H2,1H3,(H,19,20)/t13-/m1/s1. The quantitative estimate of drug-likeness (QED) is 0.709. The molecule has 1 fully saturated rings. The van der Waals surface area contributed by atoms with Crippen LogP contribution in [0, 0.1) is 0 Å². The zero-order chi connectivity index (χ0) is 21.5. The zero-order valence-corrected chi connectivity index (χ0v) is 18.5. The van der Waals surface area contributed by atoms with Crippen LogP contribution >= 0.6 is 11.3 Å². The lowest BCUT2D eigenvalue weighted by molar-refractivity contribution is -0.133. The van der Waals surface area contributed by atoms with Crippen LogP contribution in [0.15, 0.2) is 55.9 Å². The summed E-state index contributed by atoms with van der Waals surface area (Å²) >= 11 is 1.16. The number of thiophene rings is 1. The predicted octanol–water partition coefficient (Wildman–Crippen LogP) is 0.708. The highest BCUT2D eigenvalue weighted by molar-refractivity contribution is 7.91. The lowest BCUT2D eigenvalue weighted by Crippen LogP contribution is -2.52. The molecule has 1 amide bonds. The fraction of sp³-hybridized carbons (Fsp3) is 0.333. The Bertz CT molecular complexity index is 1200. The number of piperazine rings is 1. The number of amides is 1. The van der Waals surface area contributed by atoms with Gasteiger partial charge in [-0.2, -0.15) is 4.31 Å². The fourth-order valence-corrected chi connectivity index (χ4v) is 7.24. The highest BCUT2D eigenvalue weighted by Crippen LogP contribution is 2.24. The minimum Gasteiger partial charge on any atom is -0.338 e. The van der Waals surface area contributed by atoms with Crippen LogP contribution in [-0.2, 0) is 24.8 Å². The Hall–Kier alpha value is -2.28. The maximum atomic E-state index is 12.8. The largest absolute Gasteiger partial charge is 0.338 e. The first kappa shape index (κ1) is 21.0. The van der Waals surface area contributed by atoms with Crippen LogP contribution in [0.3, 0.4) is 0 Å². The summed E-state index contributed by atoms with van der Waals surface area (Å²) in [6, 6.07) is 8.89. The molecule has 1 saturated heterocycles. The number of hydrogen-bond donors (Lipinski definition) is 1. The minimum absolute atomic E-state index is 0.135. The topological polar surface area (TPSA) is 116 Å². The molecule has 9 nitrogen and oxygen atoms in total. The molecule has 2 aromatic rings. The summed E-state index contributed by atoms with van der Waals surface area (Å²) in [5.41, 5.74) is 0.434. The number of nitrogens with zero attached hydrogens (tertiary/aromatic N) is 3. The molecule has 1 aromatic carbocycles. The van der Waals surface area contributed by atoms with Gasteiger partial charge in [0.15, 0.2) is 0 Å². The minimum atomic E-state index is -3.67. The number of sulfonamides is 2. The molecule has 0 spiro atoms. The number of carbonyl (C=O) groups excluding carboxylic acids is 1. The van der Waals surface area contributed by atoms with Crippen molar-refractivity contribution in [3.63, 3.8) is 0 Å². The van der Waals surface area contributed by atoms with E-state index in [-0.39, 0.29) is 47.0 Å². The van der Waals surface area contributed by atoms with Crippen molar-refractivity contribution in [1.82, 2.24) is 13.9 Å². The number of carbonyl (C=O) groups is 1. The molecule has 12 heteroatoms. The monoisotopic (exact) mass is 468 g/mol. The van der Waals surface area contributed by atoms with Crippen molar-refractivity contribution in [2.24, 2.45) is 4.99 Å². The summed E-state index contributed by atoms with van der Waals surface area (Å²) in [5.74, 6) is -0.135. The van der Waals surface area contributed by atoms with Crippen LogP contribution in [-0.4, -0.2) is 70.0 Å². The normalized spacial score (nSPS) is 21.2. The Morgan fingerprint density at radius 2 is 1.83 bits per heavy atom. The molecular weight excluding hydrogens is 448 g/mol. The lowest BCUT2D eigenvalue weighted by atomic mass is 10.2. The molecule has 160 valence electrons. The third-order valence-electron chi connectivity index (χ3n) is 4.98. The third kappa shape index (κ3) is 3.75. The summed E-state index contributed by atoms with van der Waals surface area (Å²) in [4.78, 5) is 18.8. The second kappa shape index (κ2) is 7.76. The van der Waals surface area contributed by atoms with Crippen LogP contribution in [0.2, 0.25) is 0 Å². The third-order valence-corrected chi connectivity index (χ3v) is 9.65. The molecule has 30 heavy (non-hydrogen) atoms. The van der Waals surface area contributed by atoms with Gasteiger partial charge in [-0.1, -0.05) is 18.2 Å². The number of hydrogen-bond acceptors (Lipinski definition) is 7. The second-order valence-corrected chi connectivity index (χ2v) is 11.7. The van der Waals surface area contributed by atoms with Crippen LogP contribution in [0.1, 0.15) is 12.5 Å². The van der Waals surface area contributed by atoms with Crippen molar-refractivity contribution in [2.75, 3.05) is 26.2 Å². The molecule has 1 N–H and O–H groups in total. The van der Waals surface area contributed by atoms with Gasteiger partial charge in [0, 0.05) is 31.7 Å². The number of nitrogens with one attached hydrogen (secondary N) is 1. The smallest absolute Gasteiger partial charge is 0.263 e. The summed E-state index contributed by atoms with van der Waals surface area (Å²) in [5, 5.41) is 1.71. The van der Waals surface area contributed by atoms with E-state index in [9.17, 15) is 21.6 Å². The molecule has 2 aliphatic rings. The first-order valence-electron chi connectivity index (χ1n) is 9.22. The van der Waals surface area contributed by atoms with E-state index in [1.54, 1.807) is 47.5 Å². The zero-order valence-electron chi connectivity index (χ0n) is 16.1. The van der Waals surface area contributed by atoms with Crippen molar-refractivity contribution in [2.45, 2.75) is 22.1 Å². The molecule has 0 aliphatic carbocycles. The summed E-state index contributed by atoms with van der Waals surface area (Å²) in [6.45, 7) is 2.50. The van der Waals surface area contributed by atoms with Gasteiger partial charge in [-0.15, -0.1) is 11.3 Å². The van der Waals surface area contributed by atoms with Gasteiger partial charge >= 0.3 is 0 Å². The Morgan fingerprint density at radius 1 is 1.13 bits per heavy atom. The van der Waals surface area contributed by atoms with E-state index in [0.29, 0.717) is 5.56 Å². The van der Waals surface area contributed by atoms with Crippen molar-refractivity contribution in [3.8, 4) is 0 Å². The van der Waals surface area contributed by atoms with E-state index in [1.807, 2.05) is 0 Å². The van der Waals surface area contributed by atoms with Gasteiger partial charge < -0.3 is 4.90 Å². The average Bonchev–Trinajstić information content (AvgIpc) is 3.36. The predicted molar refractivity (Wildman–Crippen MR) is 112 cm³/mol. The Balaban J connectivity index is 1.45. The number of aliphatic imine (C=N–C) groups is 1. The molecule has 1 atom stereocenters. The summed E-state index contributed by atoms with van der Waals surface area (Å²) in [7, 11) is -7.22.